The number of nitrogens with zero attached hydrogens (tertiary/aromatic N) is 2. The second-order valence-corrected chi connectivity index (χ2v) is 9.48. The van der Waals surface area contributed by atoms with Gasteiger partial charge < -0.3 is 4.42 Å². The van der Waals surface area contributed by atoms with Crippen LogP contribution in [0.25, 0.3) is 11.0 Å². The fraction of sp³-hybridized carbons (Fsp3) is 0.333. The normalized spacial score (nSPS) is 20.0. The van der Waals surface area contributed by atoms with Crippen molar-refractivity contribution < 1.29 is 9.21 Å². The molecule has 0 bridgehead atoms. The monoisotopic (exact) mass is 404 g/mol. The zero-order chi connectivity index (χ0) is 20.0. The summed E-state index contributed by atoms with van der Waals surface area (Å²) in [5, 5.41) is 2.21. The lowest BCUT2D eigenvalue weighted by Gasteiger charge is -2.16. The van der Waals surface area contributed by atoms with Gasteiger partial charge in [0.15, 0.2) is 5.17 Å². The van der Waals surface area contributed by atoms with Crippen molar-refractivity contribution in [2.24, 2.45) is 4.99 Å². The second kappa shape index (κ2) is 7.38. The minimum absolute atomic E-state index is 0.0800. The molecule has 3 aromatic rings. The molecule has 5 rings (SSSR count). The van der Waals surface area contributed by atoms with Crippen molar-refractivity contribution >= 4 is 39.5 Å². The van der Waals surface area contributed by atoms with Gasteiger partial charge in [-0.1, -0.05) is 30.8 Å². The molecule has 1 unspecified atom stereocenters. The minimum atomic E-state index is 0.0800. The Morgan fingerprint density at radius 3 is 2.90 bits per heavy atom. The predicted molar refractivity (Wildman–Crippen MR) is 119 cm³/mol. The molecule has 1 atom stereocenters. The number of carbonyl (C=O) groups is 1. The van der Waals surface area contributed by atoms with Gasteiger partial charge in [-0.25, -0.2) is 4.99 Å². The van der Waals surface area contributed by atoms with Crippen LogP contribution >= 0.6 is 11.8 Å². The third-order valence-corrected chi connectivity index (χ3v) is 6.79. The van der Waals surface area contributed by atoms with Crippen molar-refractivity contribution in [3.63, 3.8) is 0 Å². The third kappa shape index (κ3) is 3.60. The van der Waals surface area contributed by atoms with Gasteiger partial charge in [0.2, 0.25) is 5.91 Å². The van der Waals surface area contributed by atoms with Crippen LogP contribution in [0.2, 0.25) is 0 Å². The maximum Gasteiger partial charge on any atom is 0.233 e. The Balaban J connectivity index is 1.41. The molecule has 5 heteroatoms. The van der Waals surface area contributed by atoms with E-state index < -0.39 is 0 Å². The third-order valence-electron chi connectivity index (χ3n) is 5.71. The summed E-state index contributed by atoms with van der Waals surface area (Å²) >= 11 is 1.67. The predicted octanol–water partition coefficient (Wildman–Crippen LogP) is 5.42. The van der Waals surface area contributed by atoms with E-state index in [2.05, 4.69) is 32.0 Å². The molecule has 29 heavy (non-hydrogen) atoms. The molecule has 0 N–H and O–H groups in total. The van der Waals surface area contributed by atoms with Crippen LogP contribution in [-0.4, -0.2) is 27.8 Å². The van der Waals surface area contributed by atoms with Gasteiger partial charge in [0.25, 0.3) is 0 Å². The van der Waals surface area contributed by atoms with Crippen LogP contribution in [0.1, 0.15) is 35.6 Å². The van der Waals surface area contributed by atoms with E-state index in [1.807, 2.05) is 23.1 Å². The van der Waals surface area contributed by atoms with Gasteiger partial charge in [0, 0.05) is 22.7 Å². The van der Waals surface area contributed by atoms with Gasteiger partial charge in [-0.15, -0.1) is 0 Å². The molecular formula is C24H24N2O2S. The van der Waals surface area contributed by atoms with E-state index in [1.54, 1.807) is 18.0 Å². The Bertz CT molecular complexity index is 1130. The Kier molecular flexibility index (Phi) is 4.70. The van der Waals surface area contributed by atoms with Gasteiger partial charge in [-0.3, -0.25) is 9.69 Å². The number of amidine groups is 1. The van der Waals surface area contributed by atoms with Gasteiger partial charge in [0.1, 0.15) is 5.58 Å². The standard InChI is InChI=1S/C24H24N2O2S/c1-15-5-3-8-20(9-15)25-24-26(13-16(2)29-24)23(27)12-19-14-28-22-11-18-7-4-6-17(18)10-21(19)22/h3,5,8-11,14,16H,4,6-7,12-13H2,1-2H3. The summed E-state index contributed by atoms with van der Waals surface area (Å²) < 4.78 is 5.79. The molecule has 0 spiro atoms. The molecule has 0 radical (unpaired) electrons. The molecule has 1 amide bonds. The zero-order valence-electron chi connectivity index (χ0n) is 16.8. The SMILES string of the molecule is Cc1cccc(N=C2SC(C)CN2C(=O)Cc2coc3cc4c(cc23)CCC4)c1. The zero-order valence-corrected chi connectivity index (χ0v) is 17.6. The van der Waals surface area contributed by atoms with E-state index >= 15 is 0 Å². The number of aliphatic imine (C=N–C) groups is 1. The number of rotatable bonds is 3. The van der Waals surface area contributed by atoms with Crippen molar-refractivity contribution in [2.45, 2.75) is 44.8 Å². The van der Waals surface area contributed by atoms with Gasteiger partial charge in [-0.05, 0) is 67.1 Å². The summed E-state index contributed by atoms with van der Waals surface area (Å²) in [6.07, 6.45) is 5.55. The first-order valence-corrected chi connectivity index (χ1v) is 11.1. The Morgan fingerprint density at radius 1 is 1.24 bits per heavy atom. The highest BCUT2D eigenvalue weighted by Crippen LogP contribution is 2.32. The molecular weight excluding hydrogens is 380 g/mol. The molecule has 1 fully saturated rings. The Hall–Kier alpha value is -2.53. The van der Waals surface area contributed by atoms with Crippen molar-refractivity contribution in [1.29, 1.82) is 0 Å². The summed E-state index contributed by atoms with van der Waals surface area (Å²) in [4.78, 5) is 19.8. The van der Waals surface area contributed by atoms with E-state index in [1.165, 1.54) is 17.5 Å². The molecule has 1 aliphatic carbocycles. The topological polar surface area (TPSA) is 45.8 Å². The molecule has 2 aromatic carbocycles. The average Bonchev–Trinajstić information content (AvgIpc) is 3.39. The van der Waals surface area contributed by atoms with Crippen molar-refractivity contribution in [3.05, 3.63) is 64.9 Å². The second-order valence-electron chi connectivity index (χ2n) is 8.07. The first kappa shape index (κ1) is 18.5. The largest absolute Gasteiger partial charge is 0.464 e. The fourth-order valence-electron chi connectivity index (χ4n) is 4.26. The quantitative estimate of drug-likeness (QED) is 0.585. The lowest BCUT2D eigenvalue weighted by Crippen LogP contribution is -2.33. The number of aryl methyl sites for hydroxylation is 3. The Labute approximate surface area is 175 Å². The first-order chi connectivity index (χ1) is 14.1. The number of amides is 1. The summed E-state index contributed by atoms with van der Waals surface area (Å²) in [7, 11) is 0. The van der Waals surface area contributed by atoms with Gasteiger partial charge >= 0.3 is 0 Å². The summed E-state index contributed by atoms with van der Waals surface area (Å²) in [5.41, 5.74) is 6.72. The van der Waals surface area contributed by atoms with Crippen molar-refractivity contribution in [1.82, 2.24) is 4.90 Å². The van der Waals surface area contributed by atoms with E-state index in [0.29, 0.717) is 18.2 Å². The highest BCUT2D eigenvalue weighted by Gasteiger charge is 2.31. The summed E-state index contributed by atoms with van der Waals surface area (Å²) in [5.74, 6) is 0.0800. The number of carbonyl (C=O) groups excluding carboxylic acids is 1. The van der Waals surface area contributed by atoms with E-state index in [9.17, 15) is 4.79 Å². The molecule has 1 aromatic heterocycles. The Morgan fingerprint density at radius 2 is 2.07 bits per heavy atom. The molecule has 2 heterocycles. The fourth-order valence-corrected chi connectivity index (χ4v) is 5.31. The van der Waals surface area contributed by atoms with Crippen LogP contribution < -0.4 is 0 Å². The average molecular weight is 405 g/mol. The molecule has 148 valence electrons. The van der Waals surface area contributed by atoms with Crippen LogP contribution in [0.15, 0.2) is 52.1 Å². The molecule has 1 aliphatic heterocycles. The van der Waals surface area contributed by atoms with Crippen molar-refractivity contribution in [2.75, 3.05) is 6.54 Å². The number of hydrogen-bond donors (Lipinski definition) is 0. The molecule has 0 saturated carbocycles. The lowest BCUT2D eigenvalue weighted by molar-refractivity contribution is -0.126. The molecule has 1 saturated heterocycles. The van der Waals surface area contributed by atoms with Crippen LogP contribution in [0.5, 0.6) is 0 Å². The van der Waals surface area contributed by atoms with Crippen LogP contribution in [0, 0.1) is 6.92 Å². The maximum atomic E-state index is 13.2. The number of benzene rings is 2. The van der Waals surface area contributed by atoms with Crippen LogP contribution in [0.3, 0.4) is 0 Å². The maximum absolute atomic E-state index is 13.2. The van der Waals surface area contributed by atoms with Gasteiger partial charge in [-0.2, -0.15) is 0 Å². The summed E-state index contributed by atoms with van der Waals surface area (Å²) in [6, 6.07) is 12.5. The number of hydrogen-bond acceptors (Lipinski definition) is 4. The highest BCUT2D eigenvalue weighted by molar-refractivity contribution is 8.14. The highest BCUT2D eigenvalue weighted by atomic mass is 32.2. The van der Waals surface area contributed by atoms with E-state index in [-0.39, 0.29) is 5.91 Å². The first-order valence-electron chi connectivity index (χ1n) is 10.2. The smallest absolute Gasteiger partial charge is 0.233 e. The number of thioether (sulfide) groups is 1. The van der Waals surface area contributed by atoms with E-state index in [0.717, 1.165) is 45.8 Å². The number of fused-ring (bicyclic) bond motifs is 2. The lowest BCUT2D eigenvalue weighted by atomic mass is 10.0. The van der Waals surface area contributed by atoms with Crippen LogP contribution in [-0.2, 0) is 24.1 Å². The molecule has 2 aliphatic rings. The van der Waals surface area contributed by atoms with Gasteiger partial charge in [0.05, 0.1) is 18.4 Å². The summed E-state index contributed by atoms with van der Waals surface area (Å²) in [6.45, 7) is 4.89. The molecule has 4 nitrogen and oxygen atoms in total. The van der Waals surface area contributed by atoms with E-state index in [4.69, 9.17) is 9.41 Å². The van der Waals surface area contributed by atoms with Crippen LogP contribution in [0.4, 0.5) is 5.69 Å². The number of furan rings is 1. The van der Waals surface area contributed by atoms with Crippen molar-refractivity contribution in [3.8, 4) is 0 Å². The minimum Gasteiger partial charge on any atom is -0.464 e.